The van der Waals surface area contributed by atoms with Gasteiger partial charge >= 0.3 is 0 Å². The third-order valence-corrected chi connectivity index (χ3v) is 4.23. The van der Waals surface area contributed by atoms with Gasteiger partial charge in [0.1, 0.15) is 11.4 Å². The largest absolute Gasteiger partial charge is 0.507 e. The minimum Gasteiger partial charge on any atom is -0.507 e. The summed E-state index contributed by atoms with van der Waals surface area (Å²) in [7, 11) is -4.33. The monoisotopic (exact) mass is 367 g/mol. The summed E-state index contributed by atoms with van der Waals surface area (Å²) in [6.07, 6.45) is 0. The maximum atomic E-state index is 11.1. The molecule has 0 aliphatic rings. The molecule has 0 aliphatic heterocycles. The molecule has 0 atom stereocenters. The molecule has 0 saturated heterocycles. The molecule has 3 aromatic carbocycles. The molecule has 9 heteroatoms. The molecule has 0 aromatic heterocycles. The summed E-state index contributed by atoms with van der Waals surface area (Å²) in [6.45, 7) is 0. The Morgan fingerprint density at radius 1 is 0.840 bits per heavy atom. The van der Waals surface area contributed by atoms with E-state index in [2.05, 4.69) is 10.2 Å². The van der Waals surface area contributed by atoms with Crippen molar-refractivity contribution >= 4 is 61.8 Å². The van der Waals surface area contributed by atoms with Gasteiger partial charge in [0, 0.05) is 40.3 Å². The zero-order valence-electron chi connectivity index (χ0n) is 13.2. The summed E-state index contributed by atoms with van der Waals surface area (Å²) < 4.78 is 31.2. The van der Waals surface area contributed by atoms with Gasteiger partial charge < -0.3 is 10.2 Å². The predicted molar refractivity (Wildman–Crippen MR) is 93.5 cm³/mol. The molecule has 0 fully saturated rings. The van der Waals surface area contributed by atoms with E-state index in [0.29, 0.717) is 10.8 Å². The molecule has 0 saturated carbocycles. The second-order valence-corrected chi connectivity index (χ2v) is 6.40. The molecule has 7 nitrogen and oxygen atoms in total. The number of hydrogen-bond donors (Lipinski definition) is 3. The molecule has 25 heavy (non-hydrogen) atoms. The van der Waals surface area contributed by atoms with E-state index in [9.17, 15) is 18.6 Å². The number of aromatic hydroxyl groups is 2. The van der Waals surface area contributed by atoms with Crippen LogP contribution in [0.15, 0.2) is 69.7 Å². The van der Waals surface area contributed by atoms with Crippen molar-refractivity contribution in [2.45, 2.75) is 4.90 Å². The first kappa shape index (κ1) is 19.4. The van der Waals surface area contributed by atoms with Crippen LogP contribution in [-0.4, -0.2) is 52.7 Å². The number of benzene rings is 3. The third kappa shape index (κ3) is 4.17. The van der Waals surface area contributed by atoms with E-state index in [-0.39, 0.29) is 57.3 Å². The predicted octanol–water partition coefficient (Wildman–Crippen LogP) is 3.53. The van der Waals surface area contributed by atoms with Crippen LogP contribution >= 0.6 is 0 Å². The Balaban J connectivity index is 0.00000225. The fraction of sp³-hybridized carbons (Fsp3) is 0. The van der Waals surface area contributed by atoms with Crippen LogP contribution in [0, 0.1) is 0 Å². The molecule has 3 aromatic rings. The van der Waals surface area contributed by atoms with E-state index in [4.69, 9.17) is 4.55 Å². The minimum atomic E-state index is -4.33. The number of phenols is 2. The van der Waals surface area contributed by atoms with Gasteiger partial charge in [0.15, 0.2) is 5.75 Å². The van der Waals surface area contributed by atoms with Crippen LogP contribution in [0.3, 0.4) is 0 Å². The fourth-order valence-corrected chi connectivity index (χ4v) is 2.73. The van der Waals surface area contributed by atoms with Gasteiger partial charge in [0.2, 0.25) is 0 Å². The summed E-state index contributed by atoms with van der Waals surface area (Å²) in [6, 6.07) is 13.1. The zero-order chi connectivity index (χ0) is 17.3. The van der Waals surface area contributed by atoms with Crippen molar-refractivity contribution in [2.75, 3.05) is 0 Å². The Hall–Kier alpha value is -1.97. The summed E-state index contributed by atoms with van der Waals surface area (Å²) in [5, 5.41) is 28.6. The van der Waals surface area contributed by atoms with E-state index in [1.165, 1.54) is 30.3 Å². The molecule has 0 aliphatic carbocycles. The number of hydrogen-bond acceptors (Lipinski definition) is 6. The van der Waals surface area contributed by atoms with Crippen LogP contribution in [0.2, 0.25) is 0 Å². The van der Waals surface area contributed by atoms with Gasteiger partial charge in [-0.05, 0) is 36.4 Å². The first-order valence-corrected chi connectivity index (χ1v) is 8.23. The van der Waals surface area contributed by atoms with Crippen molar-refractivity contribution in [3.63, 3.8) is 0 Å². The quantitative estimate of drug-likeness (QED) is 0.372. The van der Waals surface area contributed by atoms with E-state index in [1.54, 1.807) is 18.2 Å². The van der Waals surface area contributed by atoms with E-state index in [1.807, 2.05) is 0 Å². The van der Waals surface area contributed by atoms with Crippen LogP contribution < -0.4 is 0 Å². The van der Waals surface area contributed by atoms with Crippen LogP contribution in [-0.2, 0) is 10.1 Å². The van der Waals surface area contributed by atoms with Gasteiger partial charge in [0.25, 0.3) is 10.1 Å². The summed E-state index contributed by atoms with van der Waals surface area (Å²) >= 11 is 0. The van der Waals surface area contributed by atoms with E-state index >= 15 is 0 Å². The molecule has 0 spiro atoms. The third-order valence-electron chi connectivity index (χ3n) is 3.38. The Morgan fingerprint density at radius 2 is 1.56 bits per heavy atom. The Labute approximate surface area is 165 Å². The van der Waals surface area contributed by atoms with Gasteiger partial charge in [-0.3, -0.25) is 4.55 Å². The fourth-order valence-electron chi connectivity index (χ4n) is 2.21. The molecular weight excluding hydrogens is 355 g/mol. The molecule has 3 rings (SSSR count). The molecule has 0 bridgehead atoms. The van der Waals surface area contributed by atoms with Crippen molar-refractivity contribution in [2.24, 2.45) is 10.2 Å². The first-order chi connectivity index (χ1) is 11.4. The Kier molecular flexibility index (Phi) is 5.81. The first-order valence-electron chi connectivity index (χ1n) is 6.79. The van der Waals surface area contributed by atoms with Crippen LogP contribution in [0.5, 0.6) is 11.5 Å². The van der Waals surface area contributed by atoms with Crippen molar-refractivity contribution in [3.05, 3.63) is 54.6 Å². The average Bonchev–Trinajstić information content (AvgIpc) is 2.54. The Morgan fingerprint density at radius 3 is 2.28 bits per heavy atom. The minimum absolute atomic E-state index is 0. The molecule has 3 N–H and O–H groups in total. The number of fused-ring (bicyclic) bond motifs is 1. The average molecular weight is 367 g/mol. The van der Waals surface area contributed by atoms with E-state index < -0.39 is 10.1 Å². The Bertz CT molecular complexity index is 1070. The van der Waals surface area contributed by atoms with Crippen LogP contribution in [0.4, 0.5) is 11.4 Å². The normalized spacial score (nSPS) is 11.6. The van der Waals surface area contributed by atoms with Crippen LogP contribution in [0.1, 0.15) is 0 Å². The molecular formula is C16H12N2NaO5S. The van der Waals surface area contributed by atoms with Crippen molar-refractivity contribution in [1.82, 2.24) is 0 Å². The molecule has 123 valence electrons. The van der Waals surface area contributed by atoms with Crippen molar-refractivity contribution in [3.8, 4) is 11.5 Å². The number of nitrogens with zero attached hydrogens (tertiary/aromatic N) is 2. The number of rotatable bonds is 3. The van der Waals surface area contributed by atoms with Gasteiger partial charge in [0.05, 0.1) is 10.6 Å². The second kappa shape index (κ2) is 7.51. The zero-order valence-corrected chi connectivity index (χ0v) is 16.0. The van der Waals surface area contributed by atoms with E-state index in [0.717, 1.165) is 6.07 Å². The summed E-state index contributed by atoms with van der Waals surface area (Å²) in [4.78, 5) is -0.299. The standard InChI is InChI=1S/C16H12N2O5S.Na/c19-15-6-2-5-13-12(15)7-8-14(16(13)20)18-17-10-3-1-4-11(9-10)24(21,22)23;/h1-9,19-20H,(H,21,22,23);. The molecule has 0 heterocycles. The topological polar surface area (TPSA) is 120 Å². The smallest absolute Gasteiger partial charge is 0.294 e. The van der Waals surface area contributed by atoms with Crippen molar-refractivity contribution in [1.29, 1.82) is 0 Å². The molecule has 0 amide bonds. The van der Waals surface area contributed by atoms with Gasteiger partial charge in [-0.15, -0.1) is 5.11 Å². The summed E-state index contributed by atoms with van der Waals surface area (Å²) in [5.74, 6) is -0.120. The van der Waals surface area contributed by atoms with Crippen LogP contribution in [0.25, 0.3) is 10.8 Å². The maximum absolute atomic E-state index is 11.1. The maximum Gasteiger partial charge on any atom is 0.294 e. The summed E-state index contributed by atoms with van der Waals surface area (Å²) in [5.41, 5.74) is 0.353. The molecule has 1 radical (unpaired) electrons. The number of phenolic OH excluding ortho intramolecular Hbond substituents is 2. The van der Waals surface area contributed by atoms with Gasteiger partial charge in [-0.2, -0.15) is 13.5 Å². The van der Waals surface area contributed by atoms with Gasteiger partial charge in [-0.25, -0.2) is 0 Å². The second-order valence-electron chi connectivity index (χ2n) is 4.98. The molecule has 0 unspecified atom stereocenters. The SMILES string of the molecule is O=S(=O)(O)c1cccc(N=Nc2ccc3c(O)cccc3c2O)c1.[Na]. The van der Waals surface area contributed by atoms with Crippen molar-refractivity contribution < 1.29 is 23.2 Å². The van der Waals surface area contributed by atoms with Gasteiger partial charge in [-0.1, -0.05) is 18.2 Å². The number of azo groups is 1.